The van der Waals surface area contributed by atoms with Gasteiger partial charge in [0.1, 0.15) is 41.6 Å². The maximum Gasteiger partial charge on any atom is 0.381 e. The van der Waals surface area contributed by atoms with Crippen molar-refractivity contribution in [3.63, 3.8) is 0 Å². The van der Waals surface area contributed by atoms with Crippen molar-refractivity contribution in [3.05, 3.63) is 261 Å². The molecule has 6 aliphatic rings. The largest absolute Gasteiger partial charge is 0.497 e. The van der Waals surface area contributed by atoms with Crippen molar-refractivity contribution >= 4 is 83.1 Å². The fourth-order valence-corrected chi connectivity index (χ4v) is 14.6. The van der Waals surface area contributed by atoms with Crippen LogP contribution in [0, 0.1) is 54.0 Å². The normalized spacial score (nSPS) is 19.9. The number of aliphatic hydroxyl groups is 3. The number of nitrogens with zero attached hydrogens (tertiary/aromatic N) is 13. The van der Waals surface area contributed by atoms with Crippen LogP contribution < -0.4 is 18.9 Å². The number of para-hydroxylation sites is 1. The lowest BCUT2D eigenvalue weighted by molar-refractivity contribution is -0.389. The smallest absolute Gasteiger partial charge is 0.381 e. The Morgan fingerprint density at radius 2 is 0.817 bits per heavy atom. The monoisotopic (exact) mass is 1630 g/mol. The highest BCUT2D eigenvalue weighted by atomic mass is 35.5. The Morgan fingerprint density at radius 1 is 0.504 bits per heavy atom. The number of hydrogen-bond donors (Lipinski definition) is 6. The molecule has 0 amide bonds. The second kappa shape index (κ2) is 41.3. The SMILES string of the molecule is C.C=CC1CN2CCC1CC2[C@@H](O)c1ccnc2ccc(OC)cc12.C=CC1CN2CCC1CC2[C@@H](O)c1ccnc2ccccc12.CO.COc1ccc(C(C)(C(=O)O)n2cnc([N+](=O)[O-])c2)cc1.COc1ccc([C@@](C)(C(=O)O)n2cnc([N+](=O)[O-])c2)cc1.COc1ccc([C@@](C)(C(=O)O)n2cnc([N+](=O)[O-])c2)cc1.Cl.O.S. The molecule has 115 heavy (non-hydrogen) atoms. The van der Waals surface area contributed by atoms with Gasteiger partial charge in [0.15, 0.2) is 16.6 Å². The molecule has 0 saturated carbocycles. The van der Waals surface area contributed by atoms with Gasteiger partial charge in [-0.15, -0.1) is 25.6 Å². The number of carboxylic acid groups (broad SMARTS) is 3. The van der Waals surface area contributed by atoms with E-state index in [-0.39, 0.29) is 50.9 Å². The van der Waals surface area contributed by atoms with Crippen molar-refractivity contribution in [2.24, 2.45) is 23.7 Å². The van der Waals surface area contributed by atoms with E-state index < -0.39 is 79.0 Å². The van der Waals surface area contributed by atoms with E-state index in [0.29, 0.717) is 57.6 Å². The van der Waals surface area contributed by atoms with E-state index in [9.17, 15) is 70.3 Å². The fourth-order valence-electron chi connectivity index (χ4n) is 14.6. The zero-order valence-electron chi connectivity index (χ0n) is 63.8. The Bertz CT molecular complexity index is 4650. The van der Waals surface area contributed by atoms with Crippen LogP contribution in [0.4, 0.5) is 17.5 Å². The maximum absolute atomic E-state index is 11.7. The number of aliphatic carboxylic acids is 3. The highest BCUT2D eigenvalue weighted by Crippen LogP contribution is 2.45. The lowest BCUT2D eigenvalue weighted by atomic mass is 9.73. The molecule has 9 unspecified atom stereocenters. The second-order valence-corrected chi connectivity index (χ2v) is 27.1. The minimum absolute atomic E-state index is 0. The van der Waals surface area contributed by atoms with Crippen LogP contribution >= 0.6 is 25.9 Å². The number of aliphatic hydroxyl groups excluding tert-OH is 3. The number of aromatic nitrogens is 8. The number of carboxylic acids is 3. The van der Waals surface area contributed by atoms with Crippen molar-refractivity contribution in [1.82, 2.24) is 48.4 Å². The molecular formula is C80H98ClN13O20S. The fraction of sp³-hybridized carbons (Fsp3) is 0.350. The average molecular weight is 1630 g/mol. The van der Waals surface area contributed by atoms with Gasteiger partial charge in [0.25, 0.3) is 0 Å². The molecule has 33 nitrogen and oxygen atoms in total. The van der Waals surface area contributed by atoms with E-state index in [0.717, 1.165) is 122 Å². The molecule has 5 aromatic carbocycles. The highest BCUT2D eigenvalue weighted by Gasteiger charge is 2.46. The first kappa shape index (κ1) is 93.8. The minimum atomic E-state index is -1.51. The second-order valence-electron chi connectivity index (χ2n) is 27.1. The number of benzene rings is 5. The van der Waals surface area contributed by atoms with E-state index in [1.165, 1.54) is 68.6 Å². The van der Waals surface area contributed by atoms with Crippen molar-refractivity contribution in [3.8, 4) is 23.0 Å². The Hall–Kier alpha value is -11.8. The van der Waals surface area contributed by atoms with Gasteiger partial charge in [0, 0.05) is 55.4 Å². The van der Waals surface area contributed by atoms with Crippen molar-refractivity contribution in [2.75, 3.05) is 61.7 Å². The molecule has 0 spiro atoms. The van der Waals surface area contributed by atoms with Crippen LogP contribution in [0.3, 0.4) is 0 Å². The first-order valence-electron chi connectivity index (χ1n) is 35.2. The molecule has 0 aliphatic carbocycles. The van der Waals surface area contributed by atoms with Crippen LogP contribution in [-0.4, -0.2) is 191 Å². The molecule has 4 bridgehead atoms. The van der Waals surface area contributed by atoms with E-state index in [4.69, 9.17) is 24.1 Å². The molecule has 0 radical (unpaired) electrons. The van der Waals surface area contributed by atoms with Gasteiger partial charge < -0.3 is 85.4 Å². The van der Waals surface area contributed by atoms with Crippen LogP contribution in [0.1, 0.15) is 93.9 Å². The number of ether oxygens (including phenoxy) is 4. The van der Waals surface area contributed by atoms with Crippen LogP contribution in [0.5, 0.6) is 23.0 Å². The lowest BCUT2D eigenvalue weighted by Gasteiger charge is -2.50. The van der Waals surface area contributed by atoms with Gasteiger partial charge in [-0.3, -0.25) is 33.5 Å². The van der Waals surface area contributed by atoms with Gasteiger partial charge in [-0.2, -0.15) is 13.5 Å². The summed E-state index contributed by atoms with van der Waals surface area (Å²) in [7, 11) is 7.18. The predicted octanol–water partition coefficient (Wildman–Crippen LogP) is 11.2. The van der Waals surface area contributed by atoms with Gasteiger partial charge in [-0.25, -0.2) is 14.4 Å². The summed E-state index contributed by atoms with van der Waals surface area (Å²) in [6, 6.07) is 37.6. The quantitative estimate of drug-likeness (QED) is 0.0208. The molecule has 11 heterocycles. The molecule has 10 aromatic rings. The van der Waals surface area contributed by atoms with Crippen LogP contribution in [0.2, 0.25) is 0 Å². The number of nitro groups is 3. The van der Waals surface area contributed by atoms with E-state index in [2.05, 4.69) is 66.1 Å². The average Bonchev–Trinajstić information content (AvgIpc) is 1.26. The van der Waals surface area contributed by atoms with Gasteiger partial charge in [0.2, 0.25) is 19.0 Å². The van der Waals surface area contributed by atoms with Crippen LogP contribution in [0.15, 0.2) is 203 Å². The maximum atomic E-state index is 11.7. The number of methoxy groups -OCH3 is 4. The summed E-state index contributed by atoms with van der Waals surface area (Å²) in [4.78, 5) is 89.7. The molecule has 6 aliphatic heterocycles. The molecule has 35 heteroatoms. The van der Waals surface area contributed by atoms with Gasteiger partial charge in [-0.05, 0) is 214 Å². The number of hydrogen-bond acceptors (Lipinski definition) is 23. The Balaban J connectivity index is 0.000000253. The number of pyridine rings is 2. The third kappa shape index (κ3) is 20.2. The molecule has 16 rings (SSSR count). The highest BCUT2D eigenvalue weighted by molar-refractivity contribution is 7.59. The number of halogens is 1. The molecule has 6 saturated heterocycles. The van der Waals surface area contributed by atoms with Crippen molar-refractivity contribution in [2.45, 2.75) is 94.8 Å². The Labute approximate surface area is 676 Å². The number of imidazole rings is 3. The summed E-state index contributed by atoms with van der Waals surface area (Å²) in [5.41, 5.74) is 0.639. The van der Waals surface area contributed by atoms with Gasteiger partial charge in [0.05, 0.1) is 51.7 Å². The van der Waals surface area contributed by atoms with Crippen molar-refractivity contribution < 1.29 is 84.2 Å². The van der Waals surface area contributed by atoms with Gasteiger partial charge in [-0.1, -0.05) is 74.2 Å². The van der Waals surface area contributed by atoms with E-state index in [1.54, 1.807) is 86.1 Å². The molecule has 616 valence electrons. The van der Waals surface area contributed by atoms with Crippen LogP contribution in [-0.2, 0) is 31.0 Å². The molecular weight excluding hydrogens is 1530 g/mol. The lowest BCUT2D eigenvalue weighted by Crippen LogP contribution is -2.54. The Kier molecular flexibility index (Phi) is 33.7. The summed E-state index contributed by atoms with van der Waals surface area (Å²) in [5.74, 6) is 0.353. The molecule has 6 fully saturated rings. The molecule has 13 atom stereocenters. The zero-order chi connectivity index (χ0) is 80.6. The summed E-state index contributed by atoms with van der Waals surface area (Å²) < 4.78 is 24.0. The summed E-state index contributed by atoms with van der Waals surface area (Å²) >= 11 is 0. The van der Waals surface area contributed by atoms with Gasteiger partial charge >= 0.3 is 35.4 Å². The Morgan fingerprint density at radius 3 is 1.10 bits per heavy atom. The topological polar surface area (TPSA) is 456 Å². The molecule has 8 N–H and O–H groups in total. The van der Waals surface area contributed by atoms with E-state index in [1.807, 2.05) is 54.7 Å². The predicted molar refractivity (Wildman–Crippen MR) is 436 cm³/mol. The number of rotatable bonds is 22. The number of carbonyl (C=O) groups is 3. The van der Waals surface area contributed by atoms with Crippen LogP contribution in [0.25, 0.3) is 21.8 Å². The number of piperidine rings is 6. The summed E-state index contributed by atoms with van der Waals surface area (Å²) in [5, 5.41) is 92.0. The summed E-state index contributed by atoms with van der Waals surface area (Å²) in [6.45, 7) is 16.5. The molecule has 5 aromatic heterocycles. The number of fused-ring (bicyclic) bond motifs is 8. The standard InChI is InChI=1S/C20H24N2O2.C19H22N2O.3C13H13N3O5.CH4O.CH4.ClH.H2O.H2S/c1-3-13-12-22-9-7-14(13)10-19(22)20(23)16-6-8-21-18-5-4-15(24-2)11-17(16)18;1-2-13-12-21-10-8-14(13)11-18(21)19(22)16-7-9-20-17-6-4-3-5-15(16)17;3*1-13(12(17)18,9-3-5-10(21-2)6-4-9)15-7-11(14-8-15)16(19)20;1-2;;;;/h3-6,8,11,13-14,19-20,23H,1,7,9-10,12H2,2H3;2-7,9,13-14,18-19,22H,1,8,10-12H2;3*3-8H,1-2H3,(H,17,18);2H,1H3;1H4;1H;2*1H2/t13?,14?,19?,20-;13?,14?,18?,19-;2*13-;;;;;;/m0000....../s1. The van der Waals surface area contributed by atoms with E-state index >= 15 is 0 Å². The first-order chi connectivity index (χ1) is 53.2. The first-order valence-corrected chi connectivity index (χ1v) is 35.2. The minimum Gasteiger partial charge on any atom is -0.497 e. The zero-order valence-corrected chi connectivity index (χ0v) is 65.6. The third-order valence-electron chi connectivity index (χ3n) is 21.4. The third-order valence-corrected chi connectivity index (χ3v) is 21.4. The summed E-state index contributed by atoms with van der Waals surface area (Å²) in [6.07, 6.45) is 18.1. The van der Waals surface area contributed by atoms with Crippen molar-refractivity contribution in [1.29, 1.82) is 0 Å².